The topological polar surface area (TPSA) is 52.6 Å². The third-order valence-corrected chi connectivity index (χ3v) is 7.67. The number of unbranched alkanes of at least 4 members (excludes halogenated alkanes) is 5. The number of aryl methyl sites for hydroxylation is 3. The van der Waals surface area contributed by atoms with Gasteiger partial charge < -0.3 is 9.47 Å². The van der Waals surface area contributed by atoms with Gasteiger partial charge in [-0.1, -0.05) is 56.9 Å². The van der Waals surface area contributed by atoms with Crippen molar-refractivity contribution < 1.29 is 19.1 Å². The van der Waals surface area contributed by atoms with Gasteiger partial charge in [-0.05, 0) is 74.0 Å². The molecule has 1 aliphatic carbocycles. The summed E-state index contributed by atoms with van der Waals surface area (Å²) in [6, 6.07) is 4.36. The summed E-state index contributed by atoms with van der Waals surface area (Å²) in [7, 11) is 0. The van der Waals surface area contributed by atoms with Crippen LogP contribution in [0.25, 0.3) is 5.57 Å². The number of ether oxygens (including phenoxy) is 2. The van der Waals surface area contributed by atoms with E-state index in [1.807, 2.05) is 6.08 Å². The second-order valence-corrected chi connectivity index (χ2v) is 10.4. The maximum Gasteiger partial charge on any atom is 0.310 e. The van der Waals surface area contributed by atoms with Crippen molar-refractivity contribution >= 4 is 17.3 Å². The Morgan fingerprint density at radius 3 is 2.29 bits per heavy atom. The summed E-state index contributed by atoms with van der Waals surface area (Å²) in [5.74, 6) is 0.521. The standard InChI is InChI=1S/C31H44O4/c1-5-8-9-10-11-12-13-14-28(33)35-27-22-31(15-17-34-18-16-31)21-26(32)30(27)29-24(6-2)19-23(4)20-25(29)7-3/h5,19-20H,1,6-18,21-22H2,2-4H3. The summed E-state index contributed by atoms with van der Waals surface area (Å²) >= 11 is 0. The summed E-state index contributed by atoms with van der Waals surface area (Å²) in [6.45, 7) is 11.5. The maximum atomic E-state index is 13.8. The van der Waals surface area contributed by atoms with Crippen molar-refractivity contribution in [2.24, 2.45) is 5.41 Å². The van der Waals surface area contributed by atoms with E-state index in [1.165, 1.54) is 23.1 Å². The molecule has 0 radical (unpaired) electrons. The lowest BCUT2D eigenvalue weighted by Gasteiger charge is -2.41. The quantitative estimate of drug-likeness (QED) is 0.177. The number of ketones is 1. The number of hydrogen-bond acceptors (Lipinski definition) is 4. The van der Waals surface area contributed by atoms with Gasteiger partial charge in [0.05, 0.1) is 5.57 Å². The molecule has 0 atom stereocenters. The highest BCUT2D eigenvalue weighted by atomic mass is 16.5. The van der Waals surface area contributed by atoms with Crippen LogP contribution in [0.2, 0.25) is 0 Å². The molecule has 4 nitrogen and oxygen atoms in total. The molecule has 1 spiro atoms. The number of benzene rings is 1. The molecule has 0 amide bonds. The van der Waals surface area contributed by atoms with Gasteiger partial charge in [0.2, 0.25) is 0 Å². The zero-order valence-electron chi connectivity index (χ0n) is 22.2. The molecule has 1 aliphatic heterocycles. The molecule has 4 heteroatoms. The van der Waals surface area contributed by atoms with Crippen LogP contribution in [0, 0.1) is 12.3 Å². The van der Waals surface area contributed by atoms with Crippen LogP contribution in [0.1, 0.15) is 107 Å². The minimum absolute atomic E-state index is 0.122. The second kappa shape index (κ2) is 13.2. The number of esters is 1. The molecule has 0 aromatic heterocycles. The third kappa shape index (κ3) is 7.16. The maximum absolute atomic E-state index is 13.8. The van der Waals surface area contributed by atoms with Crippen molar-refractivity contribution in [3.05, 3.63) is 52.8 Å². The van der Waals surface area contributed by atoms with E-state index in [9.17, 15) is 9.59 Å². The molecular weight excluding hydrogens is 436 g/mol. The summed E-state index contributed by atoms with van der Waals surface area (Å²) in [5.41, 5.74) is 5.07. The summed E-state index contributed by atoms with van der Waals surface area (Å²) in [6.07, 6.45) is 13.2. The number of Topliss-reactive ketones (excluding diaryl/α,β-unsaturated/α-hetero) is 1. The fraction of sp³-hybridized carbons (Fsp3) is 0.613. The number of carbonyl (C=O) groups excluding carboxylic acids is 2. The van der Waals surface area contributed by atoms with E-state index >= 15 is 0 Å². The van der Waals surface area contributed by atoms with Crippen LogP contribution in [0.3, 0.4) is 0 Å². The molecule has 2 aliphatic rings. The Hall–Kier alpha value is -2.20. The molecule has 1 fully saturated rings. The van der Waals surface area contributed by atoms with Crippen molar-refractivity contribution in [3.63, 3.8) is 0 Å². The fourth-order valence-electron chi connectivity index (χ4n) is 5.70. The molecule has 3 rings (SSSR count). The number of hydrogen-bond donors (Lipinski definition) is 0. The Morgan fingerprint density at radius 2 is 1.66 bits per heavy atom. The van der Waals surface area contributed by atoms with Gasteiger partial charge in [0.1, 0.15) is 5.76 Å². The van der Waals surface area contributed by atoms with E-state index in [0.29, 0.717) is 43.8 Å². The smallest absolute Gasteiger partial charge is 0.310 e. The van der Waals surface area contributed by atoms with Crippen molar-refractivity contribution in [2.45, 2.75) is 104 Å². The van der Waals surface area contributed by atoms with Crippen molar-refractivity contribution in [1.29, 1.82) is 0 Å². The summed E-state index contributed by atoms with van der Waals surface area (Å²) in [5, 5.41) is 0. The first-order chi connectivity index (χ1) is 16.9. The zero-order chi connectivity index (χ0) is 25.3. The minimum Gasteiger partial charge on any atom is -0.430 e. The molecule has 35 heavy (non-hydrogen) atoms. The van der Waals surface area contributed by atoms with Gasteiger partial charge in [0.15, 0.2) is 5.78 Å². The minimum atomic E-state index is -0.205. The van der Waals surface area contributed by atoms with E-state index in [1.54, 1.807) is 0 Å². The first-order valence-electron chi connectivity index (χ1n) is 13.7. The van der Waals surface area contributed by atoms with Gasteiger partial charge in [-0.25, -0.2) is 0 Å². The molecule has 0 bridgehead atoms. The number of allylic oxidation sites excluding steroid dienone is 3. The summed E-state index contributed by atoms with van der Waals surface area (Å²) in [4.78, 5) is 26.7. The van der Waals surface area contributed by atoms with Gasteiger partial charge in [-0.2, -0.15) is 0 Å². The fourth-order valence-corrected chi connectivity index (χ4v) is 5.70. The Kier molecular flexibility index (Phi) is 10.3. The van der Waals surface area contributed by atoms with Crippen LogP contribution in [0.4, 0.5) is 0 Å². The lowest BCUT2D eigenvalue weighted by Crippen LogP contribution is -2.37. The van der Waals surface area contributed by atoms with Gasteiger partial charge in [-0.15, -0.1) is 6.58 Å². The molecule has 0 unspecified atom stereocenters. The zero-order valence-corrected chi connectivity index (χ0v) is 22.2. The highest BCUT2D eigenvalue weighted by Gasteiger charge is 2.43. The lowest BCUT2D eigenvalue weighted by molar-refractivity contribution is -0.140. The molecule has 1 saturated heterocycles. The average Bonchev–Trinajstić information content (AvgIpc) is 2.84. The monoisotopic (exact) mass is 480 g/mol. The third-order valence-electron chi connectivity index (χ3n) is 7.67. The molecule has 192 valence electrons. The van der Waals surface area contributed by atoms with Crippen LogP contribution in [-0.4, -0.2) is 25.0 Å². The Balaban J connectivity index is 1.86. The molecule has 0 N–H and O–H groups in total. The van der Waals surface area contributed by atoms with E-state index in [4.69, 9.17) is 9.47 Å². The van der Waals surface area contributed by atoms with Crippen LogP contribution in [0.15, 0.2) is 30.5 Å². The first-order valence-corrected chi connectivity index (χ1v) is 13.7. The molecule has 1 aromatic rings. The van der Waals surface area contributed by atoms with Crippen LogP contribution in [0.5, 0.6) is 0 Å². The van der Waals surface area contributed by atoms with E-state index in [0.717, 1.165) is 63.4 Å². The van der Waals surface area contributed by atoms with Gasteiger partial charge in [0.25, 0.3) is 0 Å². The van der Waals surface area contributed by atoms with Crippen molar-refractivity contribution in [2.75, 3.05) is 13.2 Å². The van der Waals surface area contributed by atoms with Gasteiger partial charge in [0, 0.05) is 32.5 Å². The molecular formula is C31H44O4. The number of carbonyl (C=O) groups is 2. The van der Waals surface area contributed by atoms with E-state index in [-0.39, 0.29) is 17.2 Å². The largest absolute Gasteiger partial charge is 0.430 e. The van der Waals surface area contributed by atoms with E-state index in [2.05, 4.69) is 39.5 Å². The van der Waals surface area contributed by atoms with Gasteiger partial charge in [-0.3, -0.25) is 9.59 Å². The highest BCUT2D eigenvalue weighted by Crippen LogP contribution is 2.48. The first kappa shape index (κ1) is 27.4. The van der Waals surface area contributed by atoms with Crippen LogP contribution >= 0.6 is 0 Å². The Labute approximate surface area is 212 Å². The van der Waals surface area contributed by atoms with Gasteiger partial charge >= 0.3 is 5.97 Å². The second-order valence-electron chi connectivity index (χ2n) is 10.4. The average molecular weight is 481 g/mol. The highest BCUT2D eigenvalue weighted by molar-refractivity contribution is 6.23. The van der Waals surface area contributed by atoms with Crippen LogP contribution < -0.4 is 0 Å². The Morgan fingerprint density at radius 1 is 1.03 bits per heavy atom. The molecule has 0 saturated carbocycles. The van der Waals surface area contributed by atoms with Crippen molar-refractivity contribution in [3.8, 4) is 0 Å². The molecule has 1 heterocycles. The van der Waals surface area contributed by atoms with Crippen LogP contribution in [-0.2, 0) is 31.9 Å². The Bertz CT molecular complexity index is 908. The predicted molar refractivity (Wildman–Crippen MR) is 142 cm³/mol. The predicted octanol–water partition coefficient (Wildman–Crippen LogP) is 7.45. The molecule has 1 aromatic carbocycles. The van der Waals surface area contributed by atoms with Crippen molar-refractivity contribution in [1.82, 2.24) is 0 Å². The summed E-state index contributed by atoms with van der Waals surface area (Å²) < 4.78 is 11.7. The number of rotatable bonds is 12. The SMILES string of the molecule is C=CCCCCCCCC(=O)OC1=C(c2c(CC)cc(C)cc2CC)C(=O)CC2(CCOCC2)C1. The normalized spacial score (nSPS) is 17.6. The lowest BCUT2D eigenvalue weighted by atomic mass is 9.67. The van der Waals surface area contributed by atoms with E-state index < -0.39 is 0 Å².